The molecule has 0 fully saturated rings. The van der Waals surface area contributed by atoms with Gasteiger partial charge in [0.1, 0.15) is 12.4 Å². The van der Waals surface area contributed by atoms with Crippen molar-refractivity contribution in [2.24, 2.45) is 0 Å². The van der Waals surface area contributed by atoms with Crippen LogP contribution in [0, 0.1) is 0 Å². The van der Waals surface area contributed by atoms with Crippen LogP contribution < -0.4 is 9.47 Å². The molecule has 0 aliphatic carbocycles. The maximum Gasteiger partial charge on any atom is 0.217 e. The van der Waals surface area contributed by atoms with Gasteiger partial charge in [-0.1, -0.05) is 30.3 Å². The van der Waals surface area contributed by atoms with Gasteiger partial charge in [-0.2, -0.15) is 0 Å². The fourth-order valence-electron chi connectivity index (χ4n) is 1.53. The maximum absolute atomic E-state index is 5.77. The van der Waals surface area contributed by atoms with E-state index in [1.165, 1.54) is 0 Å². The summed E-state index contributed by atoms with van der Waals surface area (Å²) in [5.74, 6) is 1.55. The average Bonchev–Trinajstić information content (AvgIpc) is 2.45. The molecule has 0 radical (unpaired) electrons. The number of halogens is 1. The molecule has 0 saturated carbocycles. The largest absolute Gasteiger partial charge is 0.496 e. The molecule has 0 aliphatic rings. The number of alkyl halides is 1. The summed E-state index contributed by atoms with van der Waals surface area (Å²) in [6.07, 6.45) is 0. The Balaban J connectivity index is 2.09. The van der Waals surface area contributed by atoms with Crippen molar-refractivity contribution >= 4 is 11.6 Å². The normalized spacial score (nSPS) is 10.1. The Hall–Kier alpha value is -1.74. The van der Waals surface area contributed by atoms with E-state index in [1.54, 1.807) is 19.2 Å². The lowest BCUT2D eigenvalue weighted by Gasteiger charge is -2.08. The highest BCUT2D eigenvalue weighted by Crippen LogP contribution is 2.20. The topological polar surface area (TPSA) is 31.4 Å². The predicted octanol–water partition coefficient (Wildman–Crippen LogP) is 3.41. The standard InChI is InChI=1S/C14H14ClNO2/c1-17-13-7-12(9-15)16-14(8-13)18-10-11-5-3-2-4-6-11/h2-8H,9-10H2,1H3. The van der Waals surface area contributed by atoms with Crippen molar-refractivity contribution in [2.75, 3.05) is 7.11 Å². The molecule has 3 nitrogen and oxygen atoms in total. The molecule has 1 heterocycles. The van der Waals surface area contributed by atoms with Crippen molar-refractivity contribution < 1.29 is 9.47 Å². The van der Waals surface area contributed by atoms with E-state index in [2.05, 4.69) is 4.98 Å². The van der Waals surface area contributed by atoms with E-state index in [1.807, 2.05) is 30.3 Å². The van der Waals surface area contributed by atoms with Gasteiger partial charge in [-0.05, 0) is 5.56 Å². The van der Waals surface area contributed by atoms with E-state index in [-0.39, 0.29) is 0 Å². The summed E-state index contributed by atoms with van der Waals surface area (Å²) < 4.78 is 10.8. The van der Waals surface area contributed by atoms with Crippen molar-refractivity contribution in [3.8, 4) is 11.6 Å². The van der Waals surface area contributed by atoms with Crippen LogP contribution in [-0.4, -0.2) is 12.1 Å². The van der Waals surface area contributed by atoms with Crippen molar-refractivity contribution in [3.05, 3.63) is 53.7 Å². The third-order valence-corrected chi connectivity index (χ3v) is 2.70. The van der Waals surface area contributed by atoms with E-state index in [9.17, 15) is 0 Å². The molecule has 0 aliphatic heterocycles. The molecule has 1 aromatic carbocycles. The van der Waals surface area contributed by atoms with E-state index >= 15 is 0 Å². The number of ether oxygens (including phenoxy) is 2. The second kappa shape index (κ2) is 6.26. The minimum Gasteiger partial charge on any atom is -0.496 e. The van der Waals surface area contributed by atoms with Crippen LogP contribution in [0.25, 0.3) is 0 Å². The van der Waals surface area contributed by atoms with Crippen molar-refractivity contribution in [1.82, 2.24) is 4.98 Å². The summed E-state index contributed by atoms with van der Waals surface area (Å²) in [6.45, 7) is 0.475. The van der Waals surface area contributed by atoms with Crippen LogP contribution in [0.5, 0.6) is 11.6 Å². The molecular weight excluding hydrogens is 250 g/mol. The second-order valence-electron chi connectivity index (χ2n) is 3.74. The Morgan fingerprint density at radius 1 is 1.17 bits per heavy atom. The zero-order chi connectivity index (χ0) is 12.8. The maximum atomic E-state index is 5.77. The highest BCUT2D eigenvalue weighted by Gasteiger charge is 2.04. The van der Waals surface area contributed by atoms with Gasteiger partial charge < -0.3 is 9.47 Å². The monoisotopic (exact) mass is 263 g/mol. The van der Waals surface area contributed by atoms with Gasteiger partial charge in [0.2, 0.25) is 5.88 Å². The summed E-state index contributed by atoms with van der Waals surface area (Å²) in [5, 5.41) is 0. The summed E-state index contributed by atoms with van der Waals surface area (Å²) in [6, 6.07) is 13.5. The number of pyridine rings is 1. The Bertz CT molecular complexity index is 480. The molecule has 0 amide bonds. The first kappa shape index (κ1) is 12.7. The second-order valence-corrected chi connectivity index (χ2v) is 4.01. The molecule has 4 heteroatoms. The van der Waals surface area contributed by atoms with Crippen LogP contribution in [-0.2, 0) is 12.5 Å². The molecule has 94 valence electrons. The van der Waals surface area contributed by atoms with Gasteiger partial charge in [-0.3, -0.25) is 0 Å². The number of nitrogens with zero attached hydrogens (tertiary/aromatic N) is 1. The molecule has 0 saturated heterocycles. The number of hydrogen-bond donors (Lipinski definition) is 0. The highest BCUT2D eigenvalue weighted by atomic mass is 35.5. The first-order valence-corrected chi connectivity index (χ1v) is 6.13. The van der Waals surface area contributed by atoms with Gasteiger partial charge in [0.05, 0.1) is 18.7 Å². The smallest absolute Gasteiger partial charge is 0.217 e. The number of hydrogen-bond acceptors (Lipinski definition) is 3. The Morgan fingerprint density at radius 2 is 1.94 bits per heavy atom. The number of benzene rings is 1. The molecular formula is C14H14ClNO2. The zero-order valence-electron chi connectivity index (χ0n) is 10.1. The van der Waals surface area contributed by atoms with Crippen molar-refractivity contribution in [3.63, 3.8) is 0 Å². The quantitative estimate of drug-likeness (QED) is 0.775. The van der Waals surface area contributed by atoms with Crippen LogP contribution in [0.2, 0.25) is 0 Å². The molecule has 0 unspecified atom stereocenters. The zero-order valence-corrected chi connectivity index (χ0v) is 10.9. The summed E-state index contributed by atoms with van der Waals surface area (Å²) >= 11 is 5.77. The van der Waals surface area contributed by atoms with Gasteiger partial charge in [-0.25, -0.2) is 4.98 Å². The molecule has 18 heavy (non-hydrogen) atoms. The van der Waals surface area contributed by atoms with Gasteiger partial charge >= 0.3 is 0 Å². The molecule has 0 spiro atoms. The molecule has 0 atom stereocenters. The Morgan fingerprint density at radius 3 is 2.61 bits per heavy atom. The van der Waals surface area contributed by atoms with Crippen LogP contribution >= 0.6 is 11.6 Å². The minimum absolute atomic E-state index is 0.332. The van der Waals surface area contributed by atoms with Crippen LogP contribution in [0.3, 0.4) is 0 Å². The Labute approximate surface area is 111 Å². The molecule has 2 aromatic rings. The van der Waals surface area contributed by atoms with Gasteiger partial charge in [0.25, 0.3) is 0 Å². The first-order chi connectivity index (χ1) is 8.81. The predicted molar refractivity (Wildman–Crippen MR) is 71.1 cm³/mol. The number of rotatable bonds is 5. The third-order valence-electron chi connectivity index (χ3n) is 2.43. The summed E-state index contributed by atoms with van der Waals surface area (Å²) in [5.41, 5.74) is 1.83. The van der Waals surface area contributed by atoms with Gasteiger partial charge in [-0.15, -0.1) is 11.6 Å². The lowest BCUT2D eigenvalue weighted by Crippen LogP contribution is -1.99. The van der Waals surface area contributed by atoms with E-state index in [0.29, 0.717) is 24.1 Å². The molecule has 1 aromatic heterocycles. The van der Waals surface area contributed by atoms with Crippen LogP contribution in [0.15, 0.2) is 42.5 Å². The van der Waals surface area contributed by atoms with E-state index in [0.717, 1.165) is 11.3 Å². The third kappa shape index (κ3) is 3.37. The van der Waals surface area contributed by atoms with E-state index in [4.69, 9.17) is 21.1 Å². The summed E-state index contributed by atoms with van der Waals surface area (Å²) in [4.78, 5) is 4.28. The first-order valence-electron chi connectivity index (χ1n) is 5.59. The molecule has 0 N–H and O–H groups in total. The Kier molecular flexibility index (Phi) is 4.42. The fourth-order valence-corrected chi connectivity index (χ4v) is 1.66. The van der Waals surface area contributed by atoms with Crippen molar-refractivity contribution in [2.45, 2.75) is 12.5 Å². The lowest BCUT2D eigenvalue weighted by molar-refractivity contribution is 0.290. The van der Waals surface area contributed by atoms with Crippen LogP contribution in [0.1, 0.15) is 11.3 Å². The van der Waals surface area contributed by atoms with Gasteiger partial charge in [0, 0.05) is 12.1 Å². The molecule has 0 bridgehead atoms. The average molecular weight is 264 g/mol. The fraction of sp³-hybridized carbons (Fsp3) is 0.214. The summed E-state index contributed by atoms with van der Waals surface area (Å²) in [7, 11) is 1.61. The lowest BCUT2D eigenvalue weighted by atomic mass is 10.2. The minimum atomic E-state index is 0.332. The molecule has 2 rings (SSSR count). The van der Waals surface area contributed by atoms with Crippen LogP contribution in [0.4, 0.5) is 0 Å². The van der Waals surface area contributed by atoms with Gasteiger partial charge in [0.15, 0.2) is 0 Å². The highest BCUT2D eigenvalue weighted by molar-refractivity contribution is 6.16. The number of methoxy groups -OCH3 is 1. The van der Waals surface area contributed by atoms with Crippen molar-refractivity contribution in [1.29, 1.82) is 0 Å². The SMILES string of the molecule is COc1cc(CCl)nc(OCc2ccccc2)c1. The number of aromatic nitrogens is 1. The van der Waals surface area contributed by atoms with E-state index < -0.39 is 0 Å².